The molecule has 0 radical (unpaired) electrons. The molecule has 0 bridgehead atoms. The van der Waals surface area contributed by atoms with Crippen molar-refractivity contribution in [2.75, 3.05) is 18.0 Å². The Bertz CT molecular complexity index is 463. The summed E-state index contributed by atoms with van der Waals surface area (Å²) in [6.45, 7) is 3.20. The first-order valence-corrected chi connectivity index (χ1v) is 5.16. The Morgan fingerprint density at radius 2 is 2.31 bits per heavy atom. The van der Waals surface area contributed by atoms with Crippen LogP contribution in [0.1, 0.15) is 6.92 Å². The number of carboxylic acid groups (broad SMARTS) is 1. The van der Waals surface area contributed by atoms with E-state index in [4.69, 9.17) is 5.11 Å². The standard InChI is InChI=1S/C10H13N3O3/c1-2-12-4-3-11-8(9(12)14)13-5-7(6-13)10(15)16/h3-4,7H,2,5-6H2,1H3,(H,15,16). The van der Waals surface area contributed by atoms with Crippen LogP contribution in [0.15, 0.2) is 17.2 Å². The molecule has 0 aromatic carbocycles. The number of hydrogen-bond donors (Lipinski definition) is 1. The minimum Gasteiger partial charge on any atom is -0.481 e. The number of aryl methyl sites for hydroxylation is 1. The SMILES string of the molecule is CCn1ccnc(N2CC(C(=O)O)C2)c1=O. The topological polar surface area (TPSA) is 75.4 Å². The highest BCUT2D eigenvalue weighted by Crippen LogP contribution is 2.19. The van der Waals surface area contributed by atoms with Crippen LogP contribution >= 0.6 is 0 Å². The van der Waals surface area contributed by atoms with Crippen molar-refractivity contribution in [2.45, 2.75) is 13.5 Å². The van der Waals surface area contributed by atoms with Crippen LogP contribution in [-0.4, -0.2) is 33.7 Å². The zero-order chi connectivity index (χ0) is 11.7. The maximum Gasteiger partial charge on any atom is 0.310 e. The summed E-state index contributed by atoms with van der Waals surface area (Å²) >= 11 is 0. The quantitative estimate of drug-likeness (QED) is 0.767. The van der Waals surface area contributed by atoms with E-state index in [0.29, 0.717) is 25.5 Å². The lowest BCUT2D eigenvalue weighted by Crippen LogP contribution is -2.52. The Morgan fingerprint density at radius 3 is 2.88 bits per heavy atom. The van der Waals surface area contributed by atoms with Crippen LogP contribution in [-0.2, 0) is 11.3 Å². The summed E-state index contributed by atoms with van der Waals surface area (Å²) in [5.41, 5.74) is -0.158. The number of nitrogens with zero attached hydrogens (tertiary/aromatic N) is 3. The average Bonchev–Trinajstić information content (AvgIpc) is 2.18. The Kier molecular flexibility index (Phi) is 2.64. The Morgan fingerprint density at radius 1 is 1.62 bits per heavy atom. The van der Waals surface area contributed by atoms with Gasteiger partial charge in [-0.15, -0.1) is 0 Å². The first-order valence-electron chi connectivity index (χ1n) is 5.16. The molecule has 2 rings (SSSR count). The summed E-state index contributed by atoms with van der Waals surface area (Å²) in [5, 5.41) is 8.74. The van der Waals surface area contributed by atoms with Crippen LogP contribution in [0.4, 0.5) is 5.82 Å². The van der Waals surface area contributed by atoms with Crippen molar-refractivity contribution < 1.29 is 9.90 Å². The lowest BCUT2D eigenvalue weighted by molar-refractivity contribution is -0.142. The largest absolute Gasteiger partial charge is 0.481 e. The molecule has 0 aliphatic carbocycles. The van der Waals surface area contributed by atoms with E-state index in [-0.39, 0.29) is 11.5 Å². The minimum absolute atomic E-state index is 0.158. The van der Waals surface area contributed by atoms with E-state index in [1.165, 1.54) is 0 Å². The monoisotopic (exact) mass is 223 g/mol. The second-order valence-electron chi connectivity index (χ2n) is 3.78. The van der Waals surface area contributed by atoms with Gasteiger partial charge >= 0.3 is 5.97 Å². The molecule has 1 aromatic heterocycles. The van der Waals surface area contributed by atoms with Gasteiger partial charge in [0.25, 0.3) is 5.56 Å². The molecule has 0 unspecified atom stereocenters. The van der Waals surface area contributed by atoms with E-state index in [1.54, 1.807) is 21.9 Å². The maximum absolute atomic E-state index is 11.8. The lowest BCUT2D eigenvalue weighted by atomic mass is 10.0. The predicted molar refractivity (Wildman–Crippen MR) is 57.5 cm³/mol. The highest BCUT2D eigenvalue weighted by Gasteiger charge is 2.34. The van der Waals surface area contributed by atoms with Crippen LogP contribution in [0.2, 0.25) is 0 Å². The molecule has 1 N–H and O–H groups in total. The molecule has 1 aliphatic rings. The van der Waals surface area contributed by atoms with Gasteiger partial charge in [0.2, 0.25) is 0 Å². The van der Waals surface area contributed by atoms with Crippen LogP contribution in [0, 0.1) is 5.92 Å². The molecule has 0 amide bonds. The van der Waals surface area contributed by atoms with Crippen LogP contribution in [0.25, 0.3) is 0 Å². The Labute approximate surface area is 92.1 Å². The normalized spacial score (nSPS) is 15.9. The first kappa shape index (κ1) is 10.7. The molecule has 0 spiro atoms. The summed E-state index contributed by atoms with van der Waals surface area (Å²) in [6, 6.07) is 0. The third kappa shape index (κ3) is 1.66. The third-order valence-corrected chi connectivity index (χ3v) is 2.77. The van der Waals surface area contributed by atoms with Gasteiger partial charge in [-0.3, -0.25) is 9.59 Å². The molecule has 1 aliphatic heterocycles. The Hall–Kier alpha value is -1.85. The number of carboxylic acids is 1. The van der Waals surface area contributed by atoms with Gasteiger partial charge in [0.05, 0.1) is 5.92 Å². The van der Waals surface area contributed by atoms with Gasteiger partial charge in [-0.25, -0.2) is 4.98 Å². The second-order valence-corrected chi connectivity index (χ2v) is 3.78. The van der Waals surface area contributed by atoms with Crippen molar-refractivity contribution >= 4 is 11.8 Å². The molecule has 86 valence electrons. The van der Waals surface area contributed by atoms with E-state index in [1.807, 2.05) is 6.92 Å². The van der Waals surface area contributed by atoms with Crippen molar-refractivity contribution in [3.63, 3.8) is 0 Å². The van der Waals surface area contributed by atoms with Gasteiger partial charge < -0.3 is 14.6 Å². The number of rotatable bonds is 3. The molecule has 1 saturated heterocycles. The average molecular weight is 223 g/mol. The minimum atomic E-state index is -0.817. The van der Waals surface area contributed by atoms with Gasteiger partial charge in [0.1, 0.15) is 0 Å². The van der Waals surface area contributed by atoms with Crippen molar-refractivity contribution in [1.29, 1.82) is 0 Å². The van der Waals surface area contributed by atoms with E-state index >= 15 is 0 Å². The zero-order valence-electron chi connectivity index (χ0n) is 8.96. The molecule has 0 atom stereocenters. The summed E-state index contributed by atoms with van der Waals surface area (Å²) in [6.07, 6.45) is 3.19. The molecule has 0 saturated carbocycles. The zero-order valence-corrected chi connectivity index (χ0v) is 8.96. The van der Waals surface area contributed by atoms with Gasteiger partial charge in [-0.05, 0) is 6.92 Å². The smallest absolute Gasteiger partial charge is 0.310 e. The maximum atomic E-state index is 11.8. The van der Waals surface area contributed by atoms with Gasteiger partial charge in [0.15, 0.2) is 5.82 Å². The van der Waals surface area contributed by atoms with Crippen LogP contribution < -0.4 is 10.5 Å². The van der Waals surface area contributed by atoms with Gasteiger partial charge in [-0.1, -0.05) is 0 Å². The summed E-state index contributed by atoms with van der Waals surface area (Å²) in [5.74, 6) is -0.846. The molecular weight excluding hydrogens is 210 g/mol. The summed E-state index contributed by atoms with van der Waals surface area (Å²) < 4.78 is 1.55. The fraction of sp³-hybridized carbons (Fsp3) is 0.500. The highest BCUT2D eigenvalue weighted by molar-refractivity contribution is 5.74. The van der Waals surface area contributed by atoms with Gasteiger partial charge in [-0.2, -0.15) is 0 Å². The van der Waals surface area contributed by atoms with E-state index in [9.17, 15) is 9.59 Å². The van der Waals surface area contributed by atoms with Crippen molar-refractivity contribution in [3.05, 3.63) is 22.7 Å². The highest BCUT2D eigenvalue weighted by atomic mass is 16.4. The van der Waals surface area contributed by atoms with E-state index in [0.717, 1.165) is 0 Å². The molecule has 1 aromatic rings. The van der Waals surface area contributed by atoms with Crippen LogP contribution in [0.5, 0.6) is 0 Å². The third-order valence-electron chi connectivity index (χ3n) is 2.77. The summed E-state index contributed by atoms with van der Waals surface area (Å²) in [7, 11) is 0. The lowest BCUT2D eigenvalue weighted by Gasteiger charge is -2.36. The van der Waals surface area contributed by atoms with Gasteiger partial charge in [0, 0.05) is 32.0 Å². The van der Waals surface area contributed by atoms with Crippen molar-refractivity contribution in [3.8, 4) is 0 Å². The number of hydrogen-bond acceptors (Lipinski definition) is 4. The first-order chi connectivity index (χ1) is 7.63. The molecule has 6 nitrogen and oxygen atoms in total. The fourth-order valence-electron chi connectivity index (χ4n) is 1.71. The number of aromatic nitrogens is 2. The number of aliphatic carboxylic acids is 1. The number of anilines is 1. The van der Waals surface area contributed by atoms with Crippen LogP contribution in [0.3, 0.4) is 0 Å². The molecule has 1 fully saturated rings. The molecule has 6 heteroatoms. The molecule has 2 heterocycles. The van der Waals surface area contributed by atoms with Crippen molar-refractivity contribution in [2.24, 2.45) is 5.92 Å². The summed E-state index contributed by atoms with van der Waals surface area (Å²) in [4.78, 5) is 28.2. The van der Waals surface area contributed by atoms with Crippen molar-refractivity contribution in [1.82, 2.24) is 9.55 Å². The Balaban J connectivity index is 2.18. The second kappa shape index (κ2) is 3.96. The molecule has 16 heavy (non-hydrogen) atoms. The van der Waals surface area contributed by atoms with E-state index in [2.05, 4.69) is 4.98 Å². The number of carbonyl (C=O) groups is 1. The molecular formula is C10H13N3O3. The fourth-order valence-corrected chi connectivity index (χ4v) is 1.71. The predicted octanol–water partition coefficient (Wildman–Crippen LogP) is -0.216. The van der Waals surface area contributed by atoms with E-state index < -0.39 is 5.97 Å².